The quantitative estimate of drug-likeness (QED) is 0.0716. The number of thioether (sulfide) groups is 1. The number of aliphatic imine (C=N–C) groups is 1. The fraction of sp³-hybridized carbons (Fsp3) is 0.118. The van der Waals surface area contributed by atoms with Crippen molar-refractivity contribution >= 4 is 73.8 Å². The van der Waals surface area contributed by atoms with Gasteiger partial charge in [0.2, 0.25) is 0 Å². The second-order valence-corrected chi connectivity index (χ2v) is 12.5. The summed E-state index contributed by atoms with van der Waals surface area (Å²) in [5.41, 5.74) is 5.86. The highest BCUT2D eigenvalue weighted by Crippen LogP contribution is 2.36. The van der Waals surface area contributed by atoms with Crippen LogP contribution in [0.15, 0.2) is 107 Å². The van der Waals surface area contributed by atoms with Crippen LogP contribution in [0.25, 0.3) is 17.0 Å². The Hall–Kier alpha value is -4.42. The number of hydrogen-bond acceptors (Lipinski definition) is 6. The molecule has 1 aliphatic rings. The first-order valence-corrected chi connectivity index (χ1v) is 15.8. The third-order valence-electron chi connectivity index (χ3n) is 7.22. The Kier molecular flexibility index (Phi) is 8.80. The van der Waals surface area contributed by atoms with Gasteiger partial charge in [0, 0.05) is 35.8 Å². The topological polar surface area (TPSA) is 101 Å². The number of nitro groups is 1. The number of hydrogen-bond donors (Lipinski definition) is 1. The average Bonchev–Trinajstić information content (AvgIpc) is 3.56. The molecular weight excluding hydrogens is 687 g/mol. The summed E-state index contributed by atoms with van der Waals surface area (Å²) in [6.07, 6.45) is 4.48. The van der Waals surface area contributed by atoms with Crippen molar-refractivity contribution in [1.29, 1.82) is 0 Å². The number of halogens is 1. The number of carbonyl (C=O) groups is 1. The predicted molar refractivity (Wildman–Crippen MR) is 184 cm³/mol. The largest absolute Gasteiger partial charge is 0.488 e. The van der Waals surface area contributed by atoms with Crippen LogP contribution in [0.4, 0.5) is 11.4 Å². The highest BCUT2D eigenvalue weighted by molar-refractivity contribution is 14.1. The highest BCUT2D eigenvalue weighted by Gasteiger charge is 2.33. The van der Waals surface area contributed by atoms with Crippen molar-refractivity contribution in [2.45, 2.75) is 20.0 Å². The normalized spacial score (nSPS) is 15.0. The summed E-state index contributed by atoms with van der Waals surface area (Å²) in [5.74, 6) is 0.643. The number of benzene rings is 4. The summed E-state index contributed by atoms with van der Waals surface area (Å²) < 4.78 is 7.00. The Bertz CT molecular complexity index is 1920. The molecule has 5 aromatic rings. The SMILES string of the molecule is Cc1ccc(COc2ccc(/C=C3\SC(=Nc4ccc([N+](=O)[O-])cc4)N(CCc4c[nH]c5ccccc45)C3=O)cc2I)cc1. The molecule has 1 aromatic heterocycles. The third kappa shape index (κ3) is 6.71. The Labute approximate surface area is 272 Å². The molecule has 0 spiro atoms. The van der Waals surface area contributed by atoms with Gasteiger partial charge in [-0.25, -0.2) is 4.99 Å². The Morgan fingerprint density at radius 3 is 2.57 bits per heavy atom. The van der Waals surface area contributed by atoms with Gasteiger partial charge in [-0.2, -0.15) is 0 Å². The Morgan fingerprint density at radius 2 is 1.82 bits per heavy atom. The molecule has 6 rings (SSSR count). The molecule has 1 N–H and O–H groups in total. The molecule has 1 fully saturated rings. The lowest BCUT2D eigenvalue weighted by molar-refractivity contribution is -0.384. The Balaban J connectivity index is 1.24. The molecule has 220 valence electrons. The van der Waals surface area contributed by atoms with Gasteiger partial charge in [-0.05, 0) is 101 Å². The van der Waals surface area contributed by atoms with E-state index in [1.807, 2.05) is 48.7 Å². The lowest BCUT2D eigenvalue weighted by Gasteiger charge is -2.15. The van der Waals surface area contributed by atoms with E-state index < -0.39 is 4.92 Å². The first-order chi connectivity index (χ1) is 21.3. The van der Waals surface area contributed by atoms with Gasteiger partial charge in [0.15, 0.2) is 5.17 Å². The number of fused-ring (bicyclic) bond motifs is 1. The van der Waals surface area contributed by atoms with E-state index in [0.717, 1.165) is 36.9 Å². The predicted octanol–water partition coefficient (Wildman–Crippen LogP) is 8.41. The number of non-ortho nitro benzene ring substituents is 1. The van der Waals surface area contributed by atoms with Gasteiger partial charge in [0.05, 0.1) is 19.1 Å². The van der Waals surface area contributed by atoms with E-state index in [1.165, 1.54) is 29.5 Å². The molecule has 0 radical (unpaired) electrons. The summed E-state index contributed by atoms with van der Waals surface area (Å²) >= 11 is 3.55. The van der Waals surface area contributed by atoms with Crippen molar-refractivity contribution in [3.63, 3.8) is 0 Å². The number of amidine groups is 1. The summed E-state index contributed by atoms with van der Waals surface area (Å²) in [4.78, 5) is 34.7. The van der Waals surface area contributed by atoms with Gasteiger partial charge in [-0.15, -0.1) is 0 Å². The van der Waals surface area contributed by atoms with Crippen LogP contribution in [0.1, 0.15) is 22.3 Å². The average molecular weight is 715 g/mol. The number of rotatable bonds is 9. The standard InChI is InChI=1S/C34H27IN4O4S/c1-22-6-8-23(9-7-22)21-43-31-15-10-24(18-29(31)35)19-32-33(40)38(17-16-25-20-36-30-5-3-2-4-28(25)30)34(44-32)37-26-11-13-27(14-12-26)39(41)42/h2-15,18-20,36H,16-17,21H2,1H3/b32-19-,37-34?. The third-order valence-corrected chi connectivity index (χ3v) is 9.07. The highest BCUT2D eigenvalue weighted by atomic mass is 127. The zero-order chi connectivity index (χ0) is 30.6. The minimum atomic E-state index is -0.445. The van der Waals surface area contributed by atoms with Crippen molar-refractivity contribution in [1.82, 2.24) is 9.88 Å². The summed E-state index contributed by atoms with van der Waals surface area (Å²) in [7, 11) is 0. The van der Waals surface area contributed by atoms with Gasteiger partial charge in [0.25, 0.3) is 11.6 Å². The number of nitrogens with zero attached hydrogens (tertiary/aromatic N) is 3. The van der Waals surface area contributed by atoms with E-state index >= 15 is 0 Å². The van der Waals surface area contributed by atoms with E-state index in [9.17, 15) is 14.9 Å². The second kappa shape index (κ2) is 13.1. The summed E-state index contributed by atoms with van der Waals surface area (Å²) in [6, 6.07) is 28.2. The van der Waals surface area contributed by atoms with Crippen molar-refractivity contribution in [3.05, 3.63) is 138 Å². The number of nitrogens with one attached hydrogen (secondary N) is 1. The molecule has 1 saturated heterocycles. The van der Waals surface area contributed by atoms with Crippen molar-refractivity contribution in [3.8, 4) is 5.75 Å². The monoisotopic (exact) mass is 714 g/mol. The number of aryl methyl sites for hydroxylation is 1. The maximum Gasteiger partial charge on any atom is 0.269 e. The van der Waals surface area contributed by atoms with Crippen molar-refractivity contribution in [2.24, 2.45) is 4.99 Å². The van der Waals surface area contributed by atoms with Gasteiger partial charge in [-0.3, -0.25) is 19.8 Å². The number of amides is 1. The van der Waals surface area contributed by atoms with Gasteiger partial charge < -0.3 is 9.72 Å². The van der Waals surface area contributed by atoms with Crippen LogP contribution in [0.3, 0.4) is 0 Å². The zero-order valence-electron chi connectivity index (χ0n) is 23.7. The number of ether oxygens (including phenoxy) is 1. The van der Waals surface area contributed by atoms with Gasteiger partial charge >= 0.3 is 0 Å². The van der Waals surface area contributed by atoms with Crippen LogP contribution in [-0.2, 0) is 17.8 Å². The van der Waals surface area contributed by atoms with Crippen molar-refractivity contribution < 1.29 is 14.5 Å². The first kappa shape index (κ1) is 29.6. The van der Waals surface area contributed by atoms with Gasteiger partial charge in [0.1, 0.15) is 12.4 Å². The number of para-hydroxylation sites is 1. The van der Waals surface area contributed by atoms with E-state index in [-0.39, 0.29) is 11.6 Å². The minimum absolute atomic E-state index is 0.0122. The molecule has 0 atom stereocenters. The molecule has 2 heterocycles. The van der Waals surface area contributed by atoms with Crippen LogP contribution < -0.4 is 4.74 Å². The zero-order valence-corrected chi connectivity index (χ0v) is 26.7. The molecule has 0 aliphatic carbocycles. The number of nitro benzene ring substituents is 1. The molecule has 0 unspecified atom stereocenters. The van der Waals surface area contributed by atoms with Crippen LogP contribution in [0.2, 0.25) is 0 Å². The number of aromatic amines is 1. The second-order valence-electron chi connectivity index (χ2n) is 10.3. The van der Waals surface area contributed by atoms with E-state index in [0.29, 0.717) is 35.3 Å². The smallest absolute Gasteiger partial charge is 0.269 e. The number of carbonyl (C=O) groups excluding carboxylic acids is 1. The fourth-order valence-corrected chi connectivity index (χ4v) is 6.56. The summed E-state index contributed by atoms with van der Waals surface area (Å²) in [5, 5.41) is 12.8. The maximum atomic E-state index is 13.7. The van der Waals surface area contributed by atoms with Crippen LogP contribution in [0.5, 0.6) is 5.75 Å². The minimum Gasteiger partial charge on any atom is -0.488 e. The van der Waals surface area contributed by atoms with E-state index in [1.54, 1.807) is 17.0 Å². The molecule has 0 saturated carbocycles. The lowest BCUT2D eigenvalue weighted by atomic mass is 10.1. The molecule has 1 aliphatic heterocycles. The Morgan fingerprint density at radius 1 is 1.05 bits per heavy atom. The first-order valence-electron chi connectivity index (χ1n) is 13.9. The van der Waals surface area contributed by atoms with Crippen LogP contribution in [0, 0.1) is 20.6 Å². The molecule has 44 heavy (non-hydrogen) atoms. The molecular formula is C34H27IN4O4S. The molecule has 8 nitrogen and oxygen atoms in total. The van der Waals surface area contributed by atoms with Crippen LogP contribution >= 0.6 is 34.4 Å². The molecule has 10 heteroatoms. The molecule has 0 bridgehead atoms. The van der Waals surface area contributed by atoms with E-state index in [4.69, 9.17) is 9.73 Å². The number of H-pyrrole nitrogens is 1. The van der Waals surface area contributed by atoms with Crippen molar-refractivity contribution in [2.75, 3.05) is 6.54 Å². The molecule has 4 aromatic carbocycles. The van der Waals surface area contributed by atoms with Gasteiger partial charge in [-0.1, -0.05) is 54.1 Å². The fourth-order valence-electron chi connectivity index (χ4n) is 4.84. The lowest BCUT2D eigenvalue weighted by Crippen LogP contribution is -2.31. The van der Waals surface area contributed by atoms with Crippen LogP contribution in [-0.4, -0.2) is 32.4 Å². The summed E-state index contributed by atoms with van der Waals surface area (Å²) in [6.45, 7) is 2.96. The maximum absolute atomic E-state index is 13.7. The molecule has 1 amide bonds. The number of aromatic nitrogens is 1. The van der Waals surface area contributed by atoms with E-state index in [2.05, 4.69) is 64.8 Å².